The van der Waals surface area contributed by atoms with Crippen LogP contribution in [-0.2, 0) is 16.0 Å². The van der Waals surface area contributed by atoms with Crippen LogP contribution >= 0.6 is 11.3 Å². The van der Waals surface area contributed by atoms with E-state index in [0.29, 0.717) is 5.69 Å². The SMILES string of the molecule is Cc1nc(CC(C(=O)O)C(=O)O)cs1. The van der Waals surface area contributed by atoms with Crippen molar-refractivity contribution < 1.29 is 19.8 Å². The van der Waals surface area contributed by atoms with Gasteiger partial charge >= 0.3 is 11.9 Å². The van der Waals surface area contributed by atoms with Crippen LogP contribution in [0.2, 0.25) is 0 Å². The van der Waals surface area contributed by atoms with Gasteiger partial charge in [0.1, 0.15) is 0 Å². The molecule has 0 aliphatic carbocycles. The molecule has 0 spiro atoms. The lowest BCUT2D eigenvalue weighted by atomic mass is 10.1. The van der Waals surface area contributed by atoms with Gasteiger partial charge in [0.2, 0.25) is 0 Å². The molecule has 1 rings (SSSR count). The minimum atomic E-state index is -1.41. The highest BCUT2D eigenvalue weighted by Crippen LogP contribution is 2.13. The molecule has 0 unspecified atom stereocenters. The predicted molar refractivity (Wildman–Crippen MR) is 49.3 cm³/mol. The van der Waals surface area contributed by atoms with E-state index >= 15 is 0 Å². The second kappa shape index (κ2) is 4.19. The maximum atomic E-state index is 10.5. The van der Waals surface area contributed by atoms with Crippen molar-refractivity contribution in [3.05, 3.63) is 16.1 Å². The van der Waals surface area contributed by atoms with Gasteiger partial charge in [-0.15, -0.1) is 11.3 Å². The monoisotopic (exact) mass is 215 g/mol. The van der Waals surface area contributed by atoms with E-state index in [2.05, 4.69) is 4.98 Å². The second-order valence-electron chi connectivity index (χ2n) is 2.79. The van der Waals surface area contributed by atoms with E-state index in [1.54, 1.807) is 12.3 Å². The normalized spacial score (nSPS) is 10.4. The molecule has 0 aromatic carbocycles. The summed E-state index contributed by atoms with van der Waals surface area (Å²) in [4.78, 5) is 25.1. The minimum absolute atomic E-state index is 0.0605. The fourth-order valence-corrected chi connectivity index (χ4v) is 1.62. The Balaban J connectivity index is 2.74. The molecular formula is C8H9NO4S. The van der Waals surface area contributed by atoms with Crippen molar-refractivity contribution in [1.29, 1.82) is 0 Å². The first-order valence-electron chi connectivity index (χ1n) is 3.87. The van der Waals surface area contributed by atoms with Gasteiger partial charge < -0.3 is 10.2 Å². The maximum absolute atomic E-state index is 10.5. The van der Waals surface area contributed by atoms with Crippen LogP contribution in [0.25, 0.3) is 0 Å². The van der Waals surface area contributed by atoms with Crippen molar-refractivity contribution in [2.45, 2.75) is 13.3 Å². The maximum Gasteiger partial charge on any atom is 0.318 e. The molecule has 5 nitrogen and oxygen atoms in total. The standard InChI is InChI=1S/C8H9NO4S/c1-4-9-5(3-14-4)2-6(7(10)11)8(12)13/h3,6H,2H2,1H3,(H,10,11)(H,12,13). The van der Waals surface area contributed by atoms with Crippen LogP contribution in [0, 0.1) is 12.8 Å². The van der Waals surface area contributed by atoms with Crippen LogP contribution in [0.1, 0.15) is 10.7 Å². The molecule has 0 amide bonds. The van der Waals surface area contributed by atoms with E-state index in [9.17, 15) is 9.59 Å². The van der Waals surface area contributed by atoms with Crippen LogP contribution < -0.4 is 0 Å². The first-order chi connectivity index (χ1) is 6.50. The zero-order chi connectivity index (χ0) is 10.7. The highest BCUT2D eigenvalue weighted by molar-refractivity contribution is 7.09. The third-order valence-electron chi connectivity index (χ3n) is 1.68. The van der Waals surface area contributed by atoms with Crippen molar-refractivity contribution in [2.24, 2.45) is 5.92 Å². The third-order valence-corrected chi connectivity index (χ3v) is 2.50. The molecule has 0 fully saturated rings. The van der Waals surface area contributed by atoms with Gasteiger partial charge in [0.25, 0.3) is 0 Å². The van der Waals surface area contributed by atoms with Gasteiger partial charge in [-0.2, -0.15) is 0 Å². The number of nitrogens with zero attached hydrogens (tertiary/aromatic N) is 1. The minimum Gasteiger partial charge on any atom is -0.481 e. The highest BCUT2D eigenvalue weighted by atomic mass is 32.1. The first-order valence-corrected chi connectivity index (χ1v) is 4.75. The number of hydrogen-bond donors (Lipinski definition) is 2. The van der Waals surface area contributed by atoms with Gasteiger partial charge in [-0.1, -0.05) is 0 Å². The Kier molecular flexibility index (Phi) is 3.19. The lowest BCUT2D eigenvalue weighted by molar-refractivity contribution is -0.154. The van der Waals surface area contributed by atoms with Crippen LogP contribution in [-0.4, -0.2) is 27.1 Å². The summed E-state index contributed by atoms with van der Waals surface area (Å²) in [5, 5.41) is 19.7. The van der Waals surface area contributed by atoms with Crippen LogP contribution in [0.5, 0.6) is 0 Å². The number of carbonyl (C=O) groups is 2. The molecule has 0 saturated heterocycles. The summed E-state index contributed by atoms with van der Waals surface area (Å²) in [5.41, 5.74) is 0.516. The Bertz CT molecular complexity index is 346. The summed E-state index contributed by atoms with van der Waals surface area (Å²) in [7, 11) is 0. The zero-order valence-corrected chi connectivity index (χ0v) is 8.24. The lowest BCUT2D eigenvalue weighted by Gasteiger charge is -2.03. The molecule has 14 heavy (non-hydrogen) atoms. The molecule has 6 heteroatoms. The van der Waals surface area contributed by atoms with Crippen molar-refractivity contribution in [3.63, 3.8) is 0 Å². The number of rotatable bonds is 4. The zero-order valence-electron chi connectivity index (χ0n) is 7.43. The average Bonchev–Trinajstić information content (AvgIpc) is 2.46. The number of carboxylic acid groups (broad SMARTS) is 2. The summed E-state index contributed by atoms with van der Waals surface area (Å²) >= 11 is 1.37. The molecule has 0 aliphatic heterocycles. The van der Waals surface area contributed by atoms with Crippen LogP contribution in [0.4, 0.5) is 0 Å². The number of hydrogen-bond acceptors (Lipinski definition) is 4. The Labute approximate surface area is 84.0 Å². The molecule has 0 atom stereocenters. The van der Waals surface area contributed by atoms with Crippen molar-refractivity contribution >= 4 is 23.3 Å². The van der Waals surface area contributed by atoms with E-state index in [1.807, 2.05) is 0 Å². The highest BCUT2D eigenvalue weighted by Gasteiger charge is 2.26. The molecule has 0 bridgehead atoms. The molecule has 1 heterocycles. The van der Waals surface area contributed by atoms with Crippen molar-refractivity contribution in [1.82, 2.24) is 4.98 Å². The van der Waals surface area contributed by atoms with Crippen LogP contribution in [0.15, 0.2) is 5.38 Å². The van der Waals surface area contributed by atoms with E-state index < -0.39 is 17.9 Å². The van der Waals surface area contributed by atoms with Gasteiger partial charge in [0.05, 0.1) is 10.7 Å². The number of aryl methyl sites for hydroxylation is 1. The topological polar surface area (TPSA) is 87.5 Å². The predicted octanol–water partition coefficient (Wildman–Crippen LogP) is 0.779. The quantitative estimate of drug-likeness (QED) is 0.724. The number of aromatic nitrogens is 1. The largest absolute Gasteiger partial charge is 0.481 e. The Morgan fingerprint density at radius 2 is 2.07 bits per heavy atom. The molecule has 1 aromatic rings. The number of carboxylic acids is 2. The Morgan fingerprint density at radius 1 is 1.50 bits per heavy atom. The summed E-state index contributed by atoms with van der Waals surface area (Å²) in [6.07, 6.45) is -0.0605. The number of thiazole rings is 1. The summed E-state index contributed by atoms with van der Waals surface area (Å²) in [6, 6.07) is 0. The van der Waals surface area contributed by atoms with Crippen molar-refractivity contribution in [3.8, 4) is 0 Å². The summed E-state index contributed by atoms with van der Waals surface area (Å²) < 4.78 is 0. The van der Waals surface area contributed by atoms with Gasteiger partial charge in [-0.05, 0) is 6.92 Å². The summed E-state index contributed by atoms with van der Waals surface area (Å²) in [6.45, 7) is 1.78. The Morgan fingerprint density at radius 3 is 2.43 bits per heavy atom. The number of aliphatic carboxylic acids is 2. The molecular weight excluding hydrogens is 206 g/mol. The molecule has 0 radical (unpaired) electrons. The fourth-order valence-electron chi connectivity index (χ4n) is 0.991. The average molecular weight is 215 g/mol. The van der Waals surface area contributed by atoms with E-state index in [1.165, 1.54) is 11.3 Å². The molecule has 76 valence electrons. The van der Waals surface area contributed by atoms with E-state index in [-0.39, 0.29) is 6.42 Å². The van der Waals surface area contributed by atoms with Crippen LogP contribution in [0.3, 0.4) is 0 Å². The van der Waals surface area contributed by atoms with Gasteiger partial charge in [0, 0.05) is 11.8 Å². The van der Waals surface area contributed by atoms with Gasteiger partial charge in [-0.3, -0.25) is 9.59 Å². The lowest BCUT2D eigenvalue weighted by Crippen LogP contribution is -2.25. The van der Waals surface area contributed by atoms with Crippen molar-refractivity contribution in [2.75, 3.05) is 0 Å². The second-order valence-corrected chi connectivity index (χ2v) is 3.85. The smallest absolute Gasteiger partial charge is 0.318 e. The van der Waals surface area contributed by atoms with E-state index in [0.717, 1.165) is 5.01 Å². The molecule has 0 aliphatic rings. The molecule has 2 N–H and O–H groups in total. The Hall–Kier alpha value is -1.43. The van der Waals surface area contributed by atoms with E-state index in [4.69, 9.17) is 10.2 Å². The third kappa shape index (κ3) is 2.53. The summed E-state index contributed by atoms with van der Waals surface area (Å²) in [5.74, 6) is -4.07. The molecule has 1 aromatic heterocycles. The fraction of sp³-hybridized carbons (Fsp3) is 0.375. The molecule has 0 saturated carbocycles. The first kappa shape index (κ1) is 10.6. The van der Waals surface area contributed by atoms with Gasteiger partial charge in [0.15, 0.2) is 5.92 Å². The van der Waals surface area contributed by atoms with Gasteiger partial charge in [-0.25, -0.2) is 4.98 Å².